The number of rotatable bonds is 11. The third kappa shape index (κ3) is 4.73. The SMILES string of the molecule is CC[Si](CC)(CC)OC(C)C1C(=O)N2C(C(=O)OCc3ccc([N+](=O)[O-])cc3)=C(CO)CC12. The van der Waals surface area contributed by atoms with Crippen molar-refractivity contribution < 1.29 is 28.8 Å². The Labute approximate surface area is 194 Å². The van der Waals surface area contributed by atoms with Gasteiger partial charge in [-0.25, -0.2) is 4.79 Å². The summed E-state index contributed by atoms with van der Waals surface area (Å²) in [6.07, 6.45) is 0.169. The van der Waals surface area contributed by atoms with E-state index in [1.807, 2.05) is 6.92 Å². The number of fused-ring (bicyclic) bond motifs is 1. The predicted octanol–water partition coefficient (Wildman–Crippen LogP) is 3.53. The van der Waals surface area contributed by atoms with Crippen LogP contribution in [0.5, 0.6) is 0 Å². The molecule has 0 radical (unpaired) electrons. The molecule has 33 heavy (non-hydrogen) atoms. The molecule has 0 bridgehead atoms. The lowest BCUT2D eigenvalue weighted by molar-refractivity contribution is -0.384. The number of hydrogen-bond donors (Lipinski definition) is 1. The molecule has 3 unspecified atom stereocenters. The van der Waals surface area contributed by atoms with Crippen molar-refractivity contribution in [3.05, 3.63) is 51.2 Å². The molecule has 0 saturated carbocycles. The Kier molecular flexibility index (Phi) is 7.71. The molecule has 0 aliphatic carbocycles. The Bertz CT molecular complexity index is 934. The van der Waals surface area contributed by atoms with E-state index in [1.165, 1.54) is 29.2 Å². The van der Waals surface area contributed by atoms with Crippen LogP contribution in [0.1, 0.15) is 39.7 Å². The van der Waals surface area contributed by atoms with E-state index in [9.17, 15) is 24.8 Å². The van der Waals surface area contributed by atoms with Crippen LogP contribution in [-0.4, -0.2) is 53.9 Å². The minimum Gasteiger partial charge on any atom is -0.456 e. The summed E-state index contributed by atoms with van der Waals surface area (Å²) < 4.78 is 11.9. The molecule has 3 rings (SSSR count). The fourth-order valence-corrected chi connectivity index (χ4v) is 7.81. The van der Waals surface area contributed by atoms with Crippen molar-refractivity contribution in [2.24, 2.45) is 5.92 Å². The number of non-ortho nitro benzene ring substituents is 1. The number of carbonyl (C=O) groups excluding carboxylic acids is 2. The molecule has 3 atom stereocenters. The van der Waals surface area contributed by atoms with Gasteiger partial charge in [0, 0.05) is 12.1 Å². The van der Waals surface area contributed by atoms with Gasteiger partial charge in [-0.05, 0) is 54.7 Å². The van der Waals surface area contributed by atoms with Gasteiger partial charge in [0.25, 0.3) is 5.69 Å². The second kappa shape index (κ2) is 10.1. The van der Waals surface area contributed by atoms with E-state index in [4.69, 9.17) is 9.16 Å². The Hall–Kier alpha value is -2.56. The molecular weight excluding hydrogens is 444 g/mol. The van der Waals surface area contributed by atoms with Crippen molar-refractivity contribution in [2.75, 3.05) is 6.61 Å². The zero-order valence-corrected chi connectivity index (χ0v) is 20.6. The second-order valence-corrected chi connectivity index (χ2v) is 13.4. The summed E-state index contributed by atoms with van der Waals surface area (Å²) >= 11 is 0. The van der Waals surface area contributed by atoms with E-state index in [0.29, 0.717) is 17.6 Å². The van der Waals surface area contributed by atoms with Crippen LogP contribution in [0.2, 0.25) is 18.1 Å². The number of nitro groups is 1. The van der Waals surface area contributed by atoms with Crippen LogP contribution in [0.4, 0.5) is 5.69 Å². The fourth-order valence-electron chi connectivity index (χ4n) is 4.88. The number of hydrogen-bond acceptors (Lipinski definition) is 7. The molecular formula is C23H32N2O7Si. The van der Waals surface area contributed by atoms with Crippen LogP contribution in [0.3, 0.4) is 0 Å². The number of amides is 1. The third-order valence-corrected chi connectivity index (χ3v) is 11.8. The minimum absolute atomic E-state index is 0.0520. The summed E-state index contributed by atoms with van der Waals surface area (Å²) in [5.74, 6) is -1.20. The number of carbonyl (C=O) groups is 2. The van der Waals surface area contributed by atoms with E-state index in [-0.39, 0.29) is 48.6 Å². The van der Waals surface area contributed by atoms with Crippen LogP contribution in [0.25, 0.3) is 0 Å². The number of aliphatic hydroxyl groups excluding tert-OH is 1. The van der Waals surface area contributed by atoms with Gasteiger partial charge in [-0.3, -0.25) is 14.9 Å². The molecule has 0 spiro atoms. The van der Waals surface area contributed by atoms with Crippen LogP contribution < -0.4 is 0 Å². The van der Waals surface area contributed by atoms with Gasteiger partial charge in [-0.2, -0.15) is 0 Å². The number of aliphatic hydroxyl groups is 1. The van der Waals surface area contributed by atoms with Crippen LogP contribution in [-0.2, 0) is 25.4 Å². The predicted molar refractivity (Wildman–Crippen MR) is 123 cm³/mol. The van der Waals surface area contributed by atoms with Crippen LogP contribution in [0.15, 0.2) is 35.5 Å². The van der Waals surface area contributed by atoms with Gasteiger partial charge in [-0.1, -0.05) is 20.8 Å². The first kappa shape index (κ1) is 25.1. The van der Waals surface area contributed by atoms with Gasteiger partial charge in [0.2, 0.25) is 5.91 Å². The smallest absolute Gasteiger partial charge is 0.355 e. The van der Waals surface area contributed by atoms with E-state index in [0.717, 1.165) is 18.1 Å². The summed E-state index contributed by atoms with van der Waals surface area (Å²) in [6, 6.07) is 8.45. The summed E-state index contributed by atoms with van der Waals surface area (Å²) in [5.41, 5.74) is 1.14. The summed E-state index contributed by atoms with van der Waals surface area (Å²) in [6.45, 7) is 7.93. The maximum Gasteiger partial charge on any atom is 0.355 e. The molecule has 2 aliphatic rings. The van der Waals surface area contributed by atoms with Gasteiger partial charge in [0.05, 0.1) is 29.6 Å². The molecule has 1 saturated heterocycles. The Morgan fingerprint density at radius 2 is 1.85 bits per heavy atom. The van der Waals surface area contributed by atoms with E-state index in [1.54, 1.807) is 0 Å². The number of nitrogens with zero attached hydrogens (tertiary/aromatic N) is 2. The van der Waals surface area contributed by atoms with E-state index >= 15 is 0 Å². The van der Waals surface area contributed by atoms with Gasteiger partial charge >= 0.3 is 5.97 Å². The first-order valence-corrected chi connectivity index (χ1v) is 14.0. The number of esters is 1. The highest BCUT2D eigenvalue weighted by atomic mass is 28.4. The van der Waals surface area contributed by atoms with Gasteiger partial charge in [0.15, 0.2) is 8.32 Å². The molecule has 1 fully saturated rings. The van der Waals surface area contributed by atoms with Crippen molar-refractivity contribution >= 4 is 25.9 Å². The minimum atomic E-state index is -1.89. The van der Waals surface area contributed by atoms with Crippen molar-refractivity contribution in [3.63, 3.8) is 0 Å². The van der Waals surface area contributed by atoms with Gasteiger partial charge < -0.3 is 19.2 Å². The van der Waals surface area contributed by atoms with Crippen molar-refractivity contribution in [1.82, 2.24) is 4.90 Å². The summed E-state index contributed by atoms with van der Waals surface area (Å²) in [7, 11) is -1.89. The highest BCUT2D eigenvalue weighted by Gasteiger charge is 2.57. The number of β-lactam (4-membered cyclic amide) rings is 1. The first-order valence-electron chi connectivity index (χ1n) is 11.5. The molecule has 1 N–H and O–H groups in total. The second-order valence-electron chi connectivity index (χ2n) is 8.68. The average molecular weight is 477 g/mol. The fraction of sp³-hybridized carbons (Fsp3) is 0.565. The maximum absolute atomic E-state index is 13.1. The van der Waals surface area contributed by atoms with E-state index < -0.39 is 19.2 Å². The van der Waals surface area contributed by atoms with E-state index in [2.05, 4.69) is 20.8 Å². The standard InChI is InChI=1S/C23H32N2O7Si/c1-5-33(6-2,7-3)32-15(4)20-19-12-17(13-26)21(24(19)22(20)27)23(28)31-14-16-8-10-18(11-9-16)25(29)30/h8-11,15,19-20,26H,5-7,12-14H2,1-4H3. The number of benzene rings is 1. The van der Waals surface area contributed by atoms with Crippen molar-refractivity contribution in [1.29, 1.82) is 0 Å². The highest BCUT2D eigenvalue weighted by molar-refractivity contribution is 6.73. The molecule has 10 heteroatoms. The van der Waals surface area contributed by atoms with Crippen molar-refractivity contribution in [2.45, 2.75) is 71.0 Å². The molecule has 1 amide bonds. The molecule has 2 heterocycles. The van der Waals surface area contributed by atoms with Crippen LogP contribution in [0, 0.1) is 16.0 Å². The number of nitro benzene ring substituents is 1. The lowest BCUT2D eigenvalue weighted by atomic mass is 9.83. The highest BCUT2D eigenvalue weighted by Crippen LogP contribution is 2.45. The lowest BCUT2D eigenvalue weighted by Crippen LogP contribution is -2.63. The summed E-state index contributed by atoms with van der Waals surface area (Å²) in [5, 5.41) is 20.6. The monoisotopic (exact) mass is 476 g/mol. The molecule has 1 aromatic carbocycles. The Balaban J connectivity index is 1.67. The van der Waals surface area contributed by atoms with Crippen LogP contribution >= 0.6 is 0 Å². The topological polar surface area (TPSA) is 119 Å². The largest absolute Gasteiger partial charge is 0.456 e. The zero-order chi connectivity index (χ0) is 24.3. The molecule has 1 aromatic rings. The quantitative estimate of drug-likeness (QED) is 0.171. The zero-order valence-electron chi connectivity index (χ0n) is 19.6. The Morgan fingerprint density at radius 1 is 1.24 bits per heavy atom. The van der Waals surface area contributed by atoms with Crippen molar-refractivity contribution in [3.8, 4) is 0 Å². The third-order valence-electron chi connectivity index (χ3n) is 7.08. The van der Waals surface area contributed by atoms with Gasteiger partial charge in [-0.15, -0.1) is 0 Å². The van der Waals surface area contributed by atoms with Gasteiger partial charge in [0.1, 0.15) is 12.3 Å². The molecule has 0 aromatic heterocycles. The first-order chi connectivity index (χ1) is 15.7. The Morgan fingerprint density at radius 3 is 2.36 bits per heavy atom. The maximum atomic E-state index is 13.1. The number of ether oxygens (including phenoxy) is 1. The normalized spacial score (nSPS) is 21.0. The lowest BCUT2D eigenvalue weighted by Gasteiger charge is -2.48. The molecule has 180 valence electrons. The molecule has 2 aliphatic heterocycles. The molecule has 9 nitrogen and oxygen atoms in total. The average Bonchev–Trinajstić information content (AvgIpc) is 3.15. The summed E-state index contributed by atoms with van der Waals surface area (Å²) in [4.78, 5) is 37.6.